The van der Waals surface area contributed by atoms with E-state index in [1.807, 2.05) is 42.5 Å². The Morgan fingerprint density at radius 1 is 1.13 bits per heavy atom. The van der Waals surface area contributed by atoms with Crippen LogP contribution >= 0.6 is 0 Å². The molecule has 1 N–H and O–H groups in total. The number of benzene rings is 2. The number of rotatable bonds is 5. The molecule has 1 amide bonds. The van der Waals surface area contributed by atoms with E-state index in [1.165, 1.54) is 0 Å². The van der Waals surface area contributed by atoms with Crippen molar-refractivity contribution in [3.8, 4) is 17.2 Å². The molecule has 0 radical (unpaired) electrons. The van der Waals surface area contributed by atoms with Gasteiger partial charge in [-0.05, 0) is 43.0 Å². The lowest BCUT2D eigenvalue weighted by molar-refractivity contribution is -0.124. The molecule has 3 aliphatic rings. The lowest BCUT2D eigenvalue weighted by Crippen LogP contribution is -2.44. The molecule has 2 saturated carbocycles. The first-order valence-corrected chi connectivity index (χ1v) is 10.4. The summed E-state index contributed by atoms with van der Waals surface area (Å²) in [5.41, 5.74) is 0.922. The normalized spacial score (nSPS) is 28.3. The first kappa shape index (κ1) is 19.0. The third-order valence-corrected chi connectivity index (χ3v) is 6.91. The van der Waals surface area contributed by atoms with Crippen molar-refractivity contribution in [2.45, 2.75) is 31.4 Å². The SMILES string of the molecule is COc1cccc(OC)c1CNC(=O)C1C2CCC3(CC(=O)c4ccccc4O3)C21. The van der Waals surface area contributed by atoms with E-state index < -0.39 is 5.60 Å². The molecule has 30 heavy (non-hydrogen) atoms. The first-order valence-electron chi connectivity index (χ1n) is 10.4. The van der Waals surface area contributed by atoms with Crippen LogP contribution in [0.2, 0.25) is 0 Å². The van der Waals surface area contributed by atoms with Crippen molar-refractivity contribution in [1.82, 2.24) is 5.32 Å². The number of Topliss-reactive ketones (excluding diaryl/α,β-unsaturated/α-hetero) is 1. The zero-order valence-corrected chi connectivity index (χ0v) is 17.1. The minimum Gasteiger partial charge on any atom is -0.496 e. The van der Waals surface area contributed by atoms with Crippen molar-refractivity contribution in [3.63, 3.8) is 0 Å². The predicted molar refractivity (Wildman–Crippen MR) is 110 cm³/mol. The number of hydrogen-bond acceptors (Lipinski definition) is 5. The largest absolute Gasteiger partial charge is 0.496 e. The van der Waals surface area contributed by atoms with Crippen molar-refractivity contribution in [2.75, 3.05) is 14.2 Å². The van der Waals surface area contributed by atoms with E-state index in [4.69, 9.17) is 14.2 Å². The van der Waals surface area contributed by atoms with Crippen molar-refractivity contribution >= 4 is 11.7 Å². The fourth-order valence-electron chi connectivity index (χ4n) is 5.51. The molecule has 2 aromatic carbocycles. The summed E-state index contributed by atoms with van der Waals surface area (Å²) in [5.74, 6) is 2.39. The van der Waals surface area contributed by atoms with E-state index in [-0.39, 0.29) is 29.4 Å². The molecule has 6 nitrogen and oxygen atoms in total. The highest BCUT2D eigenvalue weighted by Crippen LogP contribution is 2.65. The van der Waals surface area contributed by atoms with E-state index in [1.54, 1.807) is 14.2 Å². The van der Waals surface area contributed by atoms with Gasteiger partial charge in [0.1, 0.15) is 22.8 Å². The molecule has 1 aliphatic heterocycles. The lowest BCUT2D eigenvalue weighted by Gasteiger charge is -2.37. The molecule has 2 fully saturated rings. The van der Waals surface area contributed by atoms with E-state index >= 15 is 0 Å². The molecule has 6 heteroatoms. The van der Waals surface area contributed by atoms with Gasteiger partial charge < -0.3 is 19.5 Å². The quantitative estimate of drug-likeness (QED) is 0.823. The van der Waals surface area contributed by atoms with Crippen molar-refractivity contribution < 1.29 is 23.8 Å². The molecule has 1 spiro atoms. The molecule has 0 saturated heterocycles. The smallest absolute Gasteiger partial charge is 0.224 e. The number of amides is 1. The van der Waals surface area contributed by atoms with Gasteiger partial charge in [0.15, 0.2) is 5.78 Å². The monoisotopic (exact) mass is 407 g/mol. The van der Waals surface area contributed by atoms with Gasteiger partial charge in [0, 0.05) is 11.8 Å². The molecule has 1 heterocycles. The maximum atomic E-state index is 13.0. The minimum atomic E-state index is -0.541. The van der Waals surface area contributed by atoms with Crippen LogP contribution in [-0.4, -0.2) is 31.5 Å². The predicted octanol–water partition coefficient (Wildman–Crippen LogP) is 3.38. The molecule has 156 valence electrons. The van der Waals surface area contributed by atoms with Crippen molar-refractivity contribution in [1.29, 1.82) is 0 Å². The van der Waals surface area contributed by atoms with E-state index in [0.29, 0.717) is 35.8 Å². The summed E-state index contributed by atoms with van der Waals surface area (Å²) >= 11 is 0. The summed E-state index contributed by atoms with van der Waals surface area (Å²) in [6.45, 7) is 0.331. The van der Waals surface area contributed by atoms with Crippen LogP contribution in [0, 0.1) is 17.8 Å². The van der Waals surface area contributed by atoms with E-state index in [9.17, 15) is 9.59 Å². The third kappa shape index (κ3) is 2.85. The standard InChI is InChI=1S/C24H25NO5/c1-28-18-8-5-9-19(29-2)16(18)13-25-23(27)21-15-10-11-24(22(15)21)12-17(26)14-6-3-4-7-20(14)30-24/h3-9,15,21-22H,10-13H2,1-2H3,(H,25,27). The average Bonchev–Trinajstić information content (AvgIpc) is 3.42. The van der Waals surface area contributed by atoms with Crippen LogP contribution in [-0.2, 0) is 11.3 Å². The zero-order valence-electron chi connectivity index (χ0n) is 17.1. The summed E-state index contributed by atoms with van der Waals surface area (Å²) in [6, 6.07) is 13.0. The van der Waals surface area contributed by atoms with E-state index in [2.05, 4.69) is 5.32 Å². The van der Waals surface area contributed by atoms with Crippen LogP contribution in [0.3, 0.4) is 0 Å². The number of ketones is 1. The number of fused-ring (bicyclic) bond motifs is 3. The molecule has 5 rings (SSSR count). The van der Waals surface area contributed by atoms with Crippen LogP contribution in [0.5, 0.6) is 17.2 Å². The summed E-state index contributed by atoms with van der Waals surface area (Å²) in [6.07, 6.45) is 2.10. The van der Waals surface area contributed by atoms with Gasteiger partial charge in [0.25, 0.3) is 0 Å². The summed E-state index contributed by atoms with van der Waals surface area (Å²) in [4.78, 5) is 25.7. The summed E-state index contributed by atoms with van der Waals surface area (Å²) in [5, 5.41) is 3.05. The van der Waals surface area contributed by atoms with Crippen LogP contribution in [0.4, 0.5) is 0 Å². The Bertz CT molecular complexity index is 996. The molecular formula is C24H25NO5. The van der Waals surface area contributed by atoms with Crippen LogP contribution in [0.1, 0.15) is 35.2 Å². The number of carbonyl (C=O) groups is 2. The summed E-state index contributed by atoms with van der Waals surface area (Å²) in [7, 11) is 3.20. The second-order valence-corrected chi connectivity index (χ2v) is 8.38. The fraction of sp³-hybridized carbons (Fsp3) is 0.417. The Morgan fingerprint density at radius 2 is 1.87 bits per heavy atom. The number of methoxy groups -OCH3 is 2. The maximum absolute atomic E-state index is 13.0. The van der Waals surface area contributed by atoms with Gasteiger partial charge in [-0.25, -0.2) is 0 Å². The van der Waals surface area contributed by atoms with Gasteiger partial charge in [0.05, 0.1) is 38.3 Å². The number of hydrogen-bond donors (Lipinski definition) is 1. The Labute approximate surface area is 175 Å². The molecule has 2 aromatic rings. The first-order chi connectivity index (χ1) is 14.6. The molecule has 4 unspecified atom stereocenters. The van der Waals surface area contributed by atoms with Crippen LogP contribution in [0.15, 0.2) is 42.5 Å². The molecular weight excluding hydrogens is 382 g/mol. The molecule has 4 atom stereocenters. The Morgan fingerprint density at radius 3 is 2.60 bits per heavy atom. The highest BCUT2D eigenvalue weighted by Gasteiger charge is 2.70. The second kappa shape index (κ2) is 7.04. The Balaban J connectivity index is 1.31. The Kier molecular flexibility index (Phi) is 4.45. The maximum Gasteiger partial charge on any atom is 0.224 e. The van der Waals surface area contributed by atoms with Gasteiger partial charge in [-0.1, -0.05) is 18.2 Å². The van der Waals surface area contributed by atoms with Gasteiger partial charge >= 0.3 is 0 Å². The fourth-order valence-corrected chi connectivity index (χ4v) is 5.51. The zero-order chi connectivity index (χ0) is 20.9. The van der Waals surface area contributed by atoms with Gasteiger partial charge in [-0.15, -0.1) is 0 Å². The molecule has 0 bridgehead atoms. The van der Waals surface area contributed by atoms with Gasteiger partial charge in [-0.3, -0.25) is 9.59 Å². The highest BCUT2D eigenvalue weighted by atomic mass is 16.5. The Hall–Kier alpha value is -3.02. The highest BCUT2D eigenvalue weighted by molar-refractivity contribution is 6.00. The number of ether oxygens (including phenoxy) is 3. The third-order valence-electron chi connectivity index (χ3n) is 6.91. The summed E-state index contributed by atoms with van der Waals surface area (Å²) < 4.78 is 17.2. The number of para-hydroxylation sites is 1. The minimum absolute atomic E-state index is 0.00643. The average molecular weight is 407 g/mol. The van der Waals surface area contributed by atoms with Crippen LogP contribution in [0.25, 0.3) is 0 Å². The topological polar surface area (TPSA) is 73.9 Å². The van der Waals surface area contributed by atoms with Gasteiger partial charge in [-0.2, -0.15) is 0 Å². The molecule has 2 aliphatic carbocycles. The lowest BCUT2D eigenvalue weighted by atomic mass is 9.84. The molecule has 0 aromatic heterocycles. The number of nitrogens with one attached hydrogen (secondary N) is 1. The van der Waals surface area contributed by atoms with Crippen molar-refractivity contribution in [3.05, 3.63) is 53.6 Å². The second-order valence-electron chi connectivity index (χ2n) is 8.38. The van der Waals surface area contributed by atoms with Crippen molar-refractivity contribution in [2.24, 2.45) is 17.8 Å². The van der Waals surface area contributed by atoms with Crippen LogP contribution < -0.4 is 19.5 Å². The van der Waals surface area contributed by atoms with Gasteiger partial charge in [0.2, 0.25) is 5.91 Å². The number of carbonyl (C=O) groups excluding carboxylic acids is 2. The van der Waals surface area contributed by atoms with E-state index in [0.717, 1.165) is 18.4 Å².